The largest absolute Gasteiger partial charge is 0.487 e. The van der Waals surface area contributed by atoms with Crippen LogP contribution in [0.15, 0.2) is 35.2 Å². The highest BCUT2D eigenvalue weighted by atomic mass is 32.1. The number of ether oxygens (including phenoxy) is 4. The number of benzene rings is 1. The number of aromatic nitrogens is 1. The van der Waals surface area contributed by atoms with Crippen molar-refractivity contribution in [1.29, 1.82) is 0 Å². The number of nitrogens with two attached hydrogens (primary N) is 1. The number of thiophene rings is 1. The van der Waals surface area contributed by atoms with E-state index in [0.717, 1.165) is 17.0 Å². The number of anilines is 1. The van der Waals surface area contributed by atoms with Crippen molar-refractivity contribution in [3.05, 3.63) is 62.4 Å². The molecule has 0 bridgehead atoms. The molecule has 0 fully saturated rings. The van der Waals surface area contributed by atoms with Gasteiger partial charge in [0.15, 0.2) is 0 Å². The molecule has 0 aliphatic carbocycles. The summed E-state index contributed by atoms with van der Waals surface area (Å²) in [4.78, 5) is 40.8. The van der Waals surface area contributed by atoms with Crippen LogP contribution in [0.25, 0.3) is 0 Å². The van der Waals surface area contributed by atoms with Crippen molar-refractivity contribution in [3.8, 4) is 5.75 Å². The number of nitrogens with zero attached hydrogens (tertiary/aromatic N) is 1. The summed E-state index contributed by atoms with van der Waals surface area (Å²) in [6.07, 6.45) is 0. The van der Waals surface area contributed by atoms with Gasteiger partial charge in [-0.15, -0.1) is 22.7 Å². The highest BCUT2D eigenvalue weighted by Gasteiger charge is 2.28. The van der Waals surface area contributed by atoms with Crippen LogP contribution >= 0.6 is 22.7 Å². The SMILES string of the molecule is COC(=O)c1sc(N)c(C(=O)OC)c1COC(=O)c1ccc(OCc2cscn2)cc1. The Kier molecular flexibility index (Phi) is 7.21. The van der Waals surface area contributed by atoms with E-state index in [1.807, 2.05) is 5.38 Å². The van der Waals surface area contributed by atoms with Crippen LogP contribution in [0.1, 0.15) is 41.6 Å². The van der Waals surface area contributed by atoms with Gasteiger partial charge < -0.3 is 24.7 Å². The molecule has 162 valence electrons. The summed E-state index contributed by atoms with van der Waals surface area (Å²) < 4.78 is 20.3. The fraction of sp³-hybridized carbons (Fsp3) is 0.200. The maximum Gasteiger partial charge on any atom is 0.348 e. The summed E-state index contributed by atoms with van der Waals surface area (Å²) >= 11 is 2.34. The van der Waals surface area contributed by atoms with Crippen molar-refractivity contribution < 1.29 is 33.3 Å². The van der Waals surface area contributed by atoms with Gasteiger partial charge in [-0.3, -0.25) is 0 Å². The van der Waals surface area contributed by atoms with E-state index >= 15 is 0 Å². The molecule has 2 aromatic heterocycles. The Balaban J connectivity index is 1.70. The van der Waals surface area contributed by atoms with Crippen LogP contribution in [0, 0.1) is 0 Å². The quantitative estimate of drug-likeness (QED) is 0.396. The third kappa shape index (κ3) is 5.19. The van der Waals surface area contributed by atoms with Gasteiger partial charge in [-0.1, -0.05) is 0 Å². The van der Waals surface area contributed by atoms with E-state index in [2.05, 4.69) is 4.98 Å². The van der Waals surface area contributed by atoms with E-state index in [0.29, 0.717) is 12.4 Å². The Hall–Kier alpha value is -3.44. The number of carbonyl (C=O) groups excluding carboxylic acids is 3. The van der Waals surface area contributed by atoms with E-state index < -0.39 is 17.9 Å². The Morgan fingerprint density at radius 3 is 2.32 bits per heavy atom. The molecule has 0 spiro atoms. The van der Waals surface area contributed by atoms with Crippen molar-refractivity contribution in [2.75, 3.05) is 20.0 Å². The van der Waals surface area contributed by atoms with Gasteiger partial charge in [0.2, 0.25) is 0 Å². The van der Waals surface area contributed by atoms with Crippen molar-refractivity contribution in [1.82, 2.24) is 4.98 Å². The normalized spacial score (nSPS) is 10.4. The topological polar surface area (TPSA) is 127 Å². The van der Waals surface area contributed by atoms with Crippen molar-refractivity contribution in [3.63, 3.8) is 0 Å². The molecular formula is C20H18N2O7S2. The molecule has 0 unspecified atom stereocenters. The van der Waals surface area contributed by atoms with E-state index in [4.69, 9.17) is 24.7 Å². The summed E-state index contributed by atoms with van der Waals surface area (Å²) in [5.74, 6) is -1.52. The molecule has 1 aromatic carbocycles. The third-order valence-corrected chi connectivity index (χ3v) is 5.78. The van der Waals surface area contributed by atoms with Gasteiger partial charge in [0, 0.05) is 10.9 Å². The number of hydrogen-bond acceptors (Lipinski definition) is 11. The summed E-state index contributed by atoms with van der Waals surface area (Å²) in [5, 5.41) is 1.95. The molecule has 9 nitrogen and oxygen atoms in total. The number of rotatable bonds is 8. The Morgan fingerprint density at radius 2 is 1.71 bits per heavy atom. The molecule has 0 radical (unpaired) electrons. The molecule has 0 amide bonds. The molecule has 0 saturated heterocycles. The minimum Gasteiger partial charge on any atom is -0.487 e. The molecule has 2 N–H and O–H groups in total. The first kappa shape index (κ1) is 22.2. The maximum atomic E-state index is 12.5. The fourth-order valence-electron chi connectivity index (χ4n) is 2.58. The van der Waals surface area contributed by atoms with E-state index in [1.165, 1.54) is 25.6 Å². The van der Waals surface area contributed by atoms with Gasteiger partial charge in [0.25, 0.3) is 0 Å². The highest BCUT2D eigenvalue weighted by molar-refractivity contribution is 7.18. The van der Waals surface area contributed by atoms with E-state index in [9.17, 15) is 14.4 Å². The minimum absolute atomic E-state index is 0.0218. The number of thiazole rings is 1. The Morgan fingerprint density at radius 1 is 1.00 bits per heavy atom. The molecule has 3 rings (SSSR count). The van der Waals surface area contributed by atoms with Crippen molar-refractivity contribution >= 4 is 45.6 Å². The number of carbonyl (C=O) groups is 3. The lowest BCUT2D eigenvalue weighted by Crippen LogP contribution is -2.12. The Bertz CT molecular complexity index is 1080. The molecule has 11 heteroatoms. The van der Waals surface area contributed by atoms with Crippen LogP contribution in [0.4, 0.5) is 5.00 Å². The molecule has 0 saturated carbocycles. The average molecular weight is 463 g/mol. The number of methoxy groups -OCH3 is 2. The zero-order valence-electron chi connectivity index (χ0n) is 16.6. The molecule has 2 heterocycles. The van der Waals surface area contributed by atoms with Gasteiger partial charge in [-0.25, -0.2) is 19.4 Å². The summed E-state index contributed by atoms with van der Waals surface area (Å²) in [6, 6.07) is 6.35. The van der Waals surface area contributed by atoms with Crippen molar-refractivity contribution in [2.24, 2.45) is 0 Å². The fourth-order valence-corrected chi connectivity index (χ4v) is 4.10. The number of esters is 3. The second-order valence-electron chi connectivity index (χ2n) is 6.00. The molecule has 0 aliphatic heterocycles. The molecule has 0 atom stereocenters. The first-order chi connectivity index (χ1) is 14.9. The third-order valence-electron chi connectivity index (χ3n) is 4.10. The van der Waals surface area contributed by atoms with Crippen LogP contribution in [0.5, 0.6) is 5.75 Å². The van der Waals surface area contributed by atoms with Crippen LogP contribution in [0.2, 0.25) is 0 Å². The second kappa shape index (κ2) is 10.0. The average Bonchev–Trinajstić information content (AvgIpc) is 3.42. The zero-order chi connectivity index (χ0) is 22.4. The lowest BCUT2D eigenvalue weighted by molar-refractivity contribution is 0.0452. The van der Waals surface area contributed by atoms with E-state index in [-0.39, 0.29) is 33.2 Å². The predicted octanol–water partition coefficient (Wildman–Crippen LogP) is 3.30. The first-order valence-corrected chi connectivity index (χ1v) is 10.5. The highest BCUT2D eigenvalue weighted by Crippen LogP contribution is 2.33. The minimum atomic E-state index is -0.739. The number of nitrogen functional groups attached to an aromatic ring is 1. The lowest BCUT2D eigenvalue weighted by Gasteiger charge is -2.09. The summed E-state index contributed by atoms with van der Waals surface area (Å²) in [5.41, 5.74) is 8.77. The maximum absolute atomic E-state index is 12.5. The van der Waals surface area contributed by atoms with E-state index in [1.54, 1.807) is 29.8 Å². The molecule has 0 aliphatic rings. The predicted molar refractivity (Wildman–Crippen MR) is 113 cm³/mol. The van der Waals surface area contributed by atoms with Gasteiger partial charge in [0.1, 0.15) is 34.4 Å². The molecule has 3 aromatic rings. The number of hydrogen-bond donors (Lipinski definition) is 1. The van der Waals surface area contributed by atoms with Crippen LogP contribution < -0.4 is 10.5 Å². The zero-order valence-corrected chi connectivity index (χ0v) is 18.2. The Labute approximate surface area is 185 Å². The van der Waals surface area contributed by atoms with Crippen molar-refractivity contribution in [2.45, 2.75) is 13.2 Å². The smallest absolute Gasteiger partial charge is 0.348 e. The van der Waals surface area contributed by atoms with Gasteiger partial charge in [-0.05, 0) is 24.3 Å². The van der Waals surface area contributed by atoms with Gasteiger partial charge >= 0.3 is 17.9 Å². The summed E-state index contributed by atoms with van der Waals surface area (Å²) in [7, 11) is 2.38. The molecule has 31 heavy (non-hydrogen) atoms. The van der Waals surface area contributed by atoms with Gasteiger partial charge in [0.05, 0.1) is 31.0 Å². The summed E-state index contributed by atoms with van der Waals surface area (Å²) in [6.45, 7) is -0.0387. The second-order valence-corrected chi connectivity index (χ2v) is 7.77. The standard InChI is InChI=1S/C20H18N2O7S2/c1-26-19(24)15-14(16(20(25)27-2)31-17(15)21)8-29-18(23)11-3-5-13(6-4-11)28-7-12-9-30-10-22-12/h3-6,9-10H,7-8,21H2,1-2H3. The molecular weight excluding hydrogens is 444 g/mol. The van der Waals surface area contributed by atoms with Crippen LogP contribution in [0.3, 0.4) is 0 Å². The first-order valence-electron chi connectivity index (χ1n) is 8.79. The lowest BCUT2D eigenvalue weighted by atomic mass is 10.1. The van der Waals surface area contributed by atoms with Crippen LogP contribution in [-0.2, 0) is 27.4 Å². The monoisotopic (exact) mass is 462 g/mol. The van der Waals surface area contributed by atoms with Gasteiger partial charge in [-0.2, -0.15) is 0 Å². The van der Waals surface area contributed by atoms with Crippen LogP contribution in [-0.4, -0.2) is 37.1 Å².